The Morgan fingerprint density at radius 3 is 2.95 bits per heavy atom. The van der Waals surface area contributed by atoms with Crippen molar-refractivity contribution in [3.05, 3.63) is 46.9 Å². The third-order valence-electron chi connectivity index (χ3n) is 2.69. The van der Waals surface area contributed by atoms with E-state index in [1.54, 1.807) is 13.0 Å². The first-order chi connectivity index (χ1) is 10.0. The van der Waals surface area contributed by atoms with Crippen LogP contribution in [0.1, 0.15) is 17.3 Å². The highest BCUT2D eigenvalue weighted by Gasteiger charge is 2.16. The van der Waals surface area contributed by atoms with Crippen LogP contribution in [0.2, 0.25) is 5.02 Å². The molecule has 0 aliphatic rings. The Morgan fingerprint density at radius 2 is 2.24 bits per heavy atom. The van der Waals surface area contributed by atoms with Crippen LogP contribution < -0.4 is 11.1 Å². The molecule has 0 bridgehead atoms. The van der Waals surface area contributed by atoms with Crippen LogP contribution in [0.5, 0.6) is 0 Å². The number of hydrogen-bond donors (Lipinski definition) is 2. The van der Waals surface area contributed by atoms with E-state index in [9.17, 15) is 9.18 Å². The zero-order valence-corrected chi connectivity index (χ0v) is 11.9. The average Bonchev–Trinajstić information content (AvgIpc) is 2.46. The third-order valence-corrected chi connectivity index (χ3v) is 2.98. The number of pyridine rings is 1. The lowest BCUT2D eigenvalue weighted by Gasteiger charge is -2.12. The molecule has 0 saturated heterocycles. The molecule has 0 saturated carbocycles. The minimum Gasteiger partial charge on any atom is -0.462 e. The fourth-order valence-electron chi connectivity index (χ4n) is 1.69. The lowest BCUT2D eigenvalue weighted by atomic mass is 10.2. The topological polar surface area (TPSA) is 77.2 Å². The minimum atomic E-state index is -0.623. The summed E-state index contributed by atoms with van der Waals surface area (Å²) in [6, 6.07) is 5.93. The minimum absolute atomic E-state index is 0.0277. The van der Waals surface area contributed by atoms with E-state index < -0.39 is 11.8 Å². The smallest absolute Gasteiger partial charge is 0.340 e. The number of nitrogen functional groups attached to an aromatic ring is 1. The molecule has 21 heavy (non-hydrogen) atoms. The van der Waals surface area contributed by atoms with E-state index in [0.29, 0.717) is 0 Å². The summed E-state index contributed by atoms with van der Waals surface area (Å²) in [5.74, 6) is -1.03. The van der Waals surface area contributed by atoms with Gasteiger partial charge in [-0.3, -0.25) is 0 Å². The van der Waals surface area contributed by atoms with Gasteiger partial charge in [0.15, 0.2) is 11.6 Å². The van der Waals surface area contributed by atoms with Gasteiger partial charge in [0, 0.05) is 6.20 Å². The summed E-state index contributed by atoms with van der Waals surface area (Å²) in [4.78, 5) is 15.7. The quantitative estimate of drug-likeness (QED) is 0.847. The second kappa shape index (κ2) is 6.41. The fourth-order valence-corrected chi connectivity index (χ4v) is 1.86. The normalized spacial score (nSPS) is 10.2. The molecule has 110 valence electrons. The summed E-state index contributed by atoms with van der Waals surface area (Å²) in [6.45, 7) is 1.92. The highest BCUT2D eigenvalue weighted by Crippen LogP contribution is 2.28. The number of nitrogens with zero attached hydrogens (tertiary/aromatic N) is 1. The van der Waals surface area contributed by atoms with Crippen molar-refractivity contribution in [1.29, 1.82) is 0 Å². The zero-order valence-electron chi connectivity index (χ0n) is 11.2. The molecule has 1 aromatic heterocycles. The standard InChI is InChI=1S/C14H13ClFN3O2/c1-2-21-14(20)8-6-7-18-13(12(8)17)19-10-5-3-4-9(15)11(10)16/h3-7H,2,17H2,1H3,(H,18,19). The molecule has 3 N–H and O–H groups in total. The number of aromatic nitrogens is 1. The van der Waals surface area contributed by atoms with E-state index in [1.807, 2.05) is 0 Å². The Bertz CT molecular complexity index is 679. The molecule has 1 aromatic carbocycles. The van der Waals surface area contributed by atoms with Gasteiger partial charge in [0.2, 0.25) is 0 Å². The van der Waals surface area contributed by atoms with Crippen LogP contribution >= 0.6 is 11.6 Å². The Balaban J connectivity index is 2.35. The van der Waals surface area contributed by atoms with Gasteiger partial charge >= 0.3 is 5.97 Å². The molecule has 7 heteroatoms. The van der Waals surface area contributed by atoms with Crippen molar-refractivity contribution in [2.45, 2.75) is 6.92 Å². The van der Waals surface area contributed by atoms with Gasteiger partial charge in [-0.1, -0.05) is 17.7 Å². The van der Waals surface area contributed by atoms with Crippen molar-refractivity contribution in [2.75, 3.05) is 17.7 Å². The predicted molar refractivity (Wildman–Crippen MR) is 79.3 cm³/mol. The molecule has 0 fully saturated rings. The van der Waals surface area contributed by atoms with Gasteiger partial charge in [-0.2, -0.15) is 0 Å². The molecule has 0 aliphatic carbocycles. The number of nitrogens with one attached hydrogen (secondary N) is 1. The van der Waals surface area contributed by atoms with Crippen LogP contribution in [0.15, 0.2) is 30.5 Å². The number of carbonyl (C=O) groups is 1. The van der Waals surface area contributed by atoms with Crippen molar-refractivity contribution in [3.63, 3.8) is 0 Å². The molecule has 2 aromatic rings. The van der Waals surface area contributed by atoms with E-state index in [4.69, 9.17) is 22.1 Å². The Morgan fingerprint density at radius 1 is 1.48 bits per heavy atom. The SMILES string of the molecule is CCOC(=O)c1ccnc(Nc2cccc(Cl)c2F)c1N. The molecule has 0 unspecified atom stereocenters. The summed E-state index contributed by atoms with van der Waals surface area (Å²) < 4.78 is 18.7. The number of rotatable bonds is 4. The van der Waals surface area contributed by atoms with E-state index >= 15 is 0 Å². The van der Waals surface area contributed by atoms with Gasteiger partial charge in [0.05, 0.1) is 28.6 Å². The monoisotopic (exact) mass is 309 g/mol. The number of carbonyl (C=O) groups excluding carboxylic acids is 1. The largest absolute Gasteiger partial charge is 0.462 e. The first kappa shape index (κ1) is 15.1. The fraction of sp³-hybridized carbons (Fsp3) is 0.143. The van der Waals surface area contributed by atoms with Crippen LogP contribution in [0, 0.1) is 5.82 Å². The van der Waals surface area contributed by atoms with Crippen LogP contribution in [0.3, 0.4) is 0 Å². The Labute approximate surface area is 125 Å². The first-order valence-electron chi connectivity index (χ1n) is 6.17. The lowest BCUT2D eigenvalue weighted by molar-refractivity contribution is 0.0527. The lowest BCUT2D eigenvalue weighted by Crippen LogP contribution is -2.10. The highest BCUT2D eigenvalue weighted by atomic mass is 35.5. The van der Waals surface area contributed by atoms with Crippen LogP contribution in [-0.2, 0) is 4.74 Å². The molecule has 2 rings (SSSR count). The molecule has 0 amide bonds. The second-order valence-corrected chi connectivity index (χ2v) is 4.47. The summed E-state index contributed by atoms with van der Waals surface area (Å²) in [5, 5.41) is 2.69. The number of nitrogens with two attached hydrogens (primary N) is 1. The van der Waals surface area contributed by atoms with Gasteiger partial charge in [0.25, 0.3) is 0 Å². The van der Waals surface area contributed by atoms with Crippen molar-refractivity contribution in [2.24, 2.45) is 0 Å². The van der Waals surface area contributed by atoms with Gasteiger partial charge in [-0.15, -0.1) is 0 Å². The molecule has 0 spiro atoms. The number of halogens is 2. The van der Waals surface area contributed by atoms with Gasteiger partial charge in [-0.25, -0.2) is 14.2 Å². The maximum atomic E-state index is 13.8. The van der Waals surface area contributed by atoms with E-state index in [1.165, 1.54) is 24.4 Å². The second-order valence-electron chi connectivity index (χ2n) is 4.07. The molecule has 0 aliphatic heterocycles. The maximum absolute atomic E-state index is 13.8. The predicted octanol–water partition coefficient (Wildman–Crippen LogP) is 3.38. The van der Waals surface area contributed by atoms with E-state index in [0.717, 1.165) is 0 Å². The number of ether oxygens (including phenoxy) is 1. The number of benzene rings is 1. The molecule has 5 nitrogen and oxygen atoms in total. The van der Waals surface area contributed by atoms with Crippen LogP contribution in [0.4, 0.5) is 21.6 Å². The highest BCUT2D eigenvalue weighted by molar-refractivity contribution is 6.31. The molecular formula is C14H13ClFN3O2. The zero-order chi connectivity index (χ0) is 15.4. The van der Waals surface area contributed by atoms with Crippen molar-refractivity contribution in [1.82, 2.24) is 4.98 Å². The summed E-state index contributed by atoms with van der Waals surface area (Å²) in [6.07, 6.45) is 1.38. The summed E-state index contributed by atoms with van der Waals surface area (Å²) >= 11 is 5.70. The summed E-state index contributed by atoms with van der Waals surface area (Å²) in [7, 11) is 0. The summed E-state index contributed by atoms with van der Waals surface area (Å²) in [5.41, 5.74) is 6.23. The Hall–Kier alpha value is -2.34. The van der Waals surface area contributed by atoms with Crippen molar-refractivity contribution in [3.8, 4) is 0 Å². The van der Waals surface area contributed by atoms with E-state index in [2.05, 4.69) is 10.3 Å². The molecular weight excluding hydrogens is 297 g/mol. The van der Waals surface area contributed by atoms with Crippen LogP contribution in [0.25, 0.3) is 0 Å². The number of esters is 1. The van der Waals surface area contributed by atoms with Gasteiger partial charge in [-0.05, 0) is 25.1 Å². The third kappa shape index (κ3) is 3.22. The van der Waals surface area contributed by atoms with Crippen LogP contribution in [-0.4, -0.2) is 17.6 Å². The van der Waals surface area contributed by atoms with Crippen molar-refractivity contribution >= 4 is 34.8 Å². The van der Waals surface area contributed by atoms with E-state index in [-0.39, 0.29) is 34.4 Å². The molecule has 1 heterocycles. The first-order valence-corrected chi connectivity index (χ1v) is 6.55. The molecule has 0 atom stereocenters. The number of anilines is 3. The Kier molecular flexibility index (Phi) is 4.59. The average molecular weight is 310 g/mol. The van der Waals surface area contributed by atoms with Gasteiger partial charge in [0.1, 0.15) is 0 Å². The molecule has 0 radical (unpaired) electrons. The van der Waals surface area contributed by atoms with Crippen molar-refractivity contribution < 1.29 is 13.9 Å². The maximum Gasteiger partial charge on any atom is 0.340 e. The number of hydrogen-bond acceptors (Lipinski definition) is 5. The van der Waals surface area contributed by atoms with Gasteiger partial charge < -0.3 is 15.8 Å².